The molecule has 0 radical (unpaired) electrons. The van der Waals surface area contributed by atoms with Gasteiger partial charge in [0.25, 0.3) is 0 Å². The quantitative estimate of drug-likeness (QED) is 0.400. The van der Waals surface area contributed by atoms with Gasteiger partial charge >= 0.3 is 21.7 Å². The molecule has 0 amide bonds. The number of halogens is 2. The number of aromatic amines is 1. The smallest absolute Gasteiger partial charge is 1.00 e. The zero-order chi connectivity index (χ0) is 13.8. The van der Waals surface area contributed by atoms with Crippen molar-refractivity contribution in [2.45, 2.75) is 26.9 Å². The van der Waals surface area contributed by atoms with Crippen LogP contribution in [0.1, 0.15) is 11.1 Å². The molecule has 1 aromatic carbocycles. The fourth-order valence-electron chi connectivity index (χ4n) is 2.13. The number of rotatable bonds is 0. The average molecular weight is 384 g/mol. The minimum absolute atomic E-state index is 0. The topological polar surface area (TPSA) is 15.8 Å². The third-order valence-electron chi connectivity index (χ3n) is 3.17. The van der Waals surface area contributed by atoms with Gasteiger partial charge in [-0.3, -0.25) is 0 Å². The van der Waals surface area contributed by atoms with Gasteiger partial charge < -0.3 is 29.8 Å². The summed E-state index contributed by atoms with van der Waals surface area (Å²) in [5.74, 6) is 0. The summed E-state index contributed by atoms with van der Waals surface area (Å²) in [6.45, 7) is 8.75. The van der Waals surface area contributed by atoms with Crippen molar-refractivity contribution in [3.05, 3.63) is 59.8 Å². The van der Waals surface area contributed by atoms with E-state index in [4.69, 9.17) is 0 Å². The molecular formula is C17H19Cl2NSiTi. The summed E-state index contributed by atoms with van der Waals surface area (Å²) < 4.78 is 0. The van der Waals surface area contributed by atoms with E-state index in [9.17, 15) is 0 Å². The van der Waals surface area contributed by atoms with Gasteiger partial charge in [-0.1, -0.05) is 39.1 Å². The summed E-state index contributed by atoms with van der Waals surface area (Å²) in [6.07, 6.45) is 12.4. The first kappa shape index (κ1) is 23.9. The van der Waals surface area contributed by atoms with Crippen molar-refractivity contribution < 1.29 is 46.5 Å². The van der Waals surface area contributed by atoms with Crippen molar-refractivity contribution in [3.8, 4) is 0 Å². The van der Waals surface area contributed by atoms with E-state index in [-0.39, 0.29) is 54.9 Å². The van der Waals surface area contributed by atoms with Crippen molar-refractivity contribution in [2.75, 3.05) is 0 Å². The third kappa shape index (κ3) is 6.02. The monoisotopic (exact) mass is 383 g/mol. The van der Waals surface area contributed by atoms with E-state index in [2.05, 4.69) is 68.5 Å². The van der Waals surface area contributed by atoms with E-state index >= 15 is 0 Å². The molecule has 0 saturated carbocycles. The SMILES string of the molecule is C[Si](C)=C1[C-]=CC=C1.Cc1[c-][nH]c2cccc(C)c12.[Cl-].[Cl-].[Ti+4]. The predicted octanol–water partition coefficient (Wildman–Crippen LogP) is -1.99. The van der Waals surface area contributed by atoms with Crippen LogP contribution in [0.25, 0.3) is 10.9 Å². The van der Waals surface area contributed by atoms with Gasteiger partial charge in [0, 0.05) is 0 Å². The van der Waals surface area contributed by atoms with E-state index in [1.807, 2.05) is 12.2 Å². The maximum Gasteiger partial charge on any atom is 4.00 e. The van der Waals surface area contributed by atoms with E-state index in [0.717, 1.165) is 0 Å². The van der Waals surface area contributed by atoms with E-state index < -0.39 is 0 Å². The first-order valence-corrected chi connectivity index (χ1v) is 8.99. The molecular weight excluding hydrogens is 365 g/mol. The minimum atomic E-state index is -0.225. The summed E-state index contributed by atoms with van der Waals surface area (Å²) >= 11 is 0. The Morgan fingerprint density at radius 1 is 1.09 bits per heavy atom. The molecule has 3 rings (SSSR count). The fraction of sp³-hybridized carbons (Fsp3) is 0.235. The summed E-state index contributed by atoms with van der Waals surface area (Å²) in [7, 11) is -0.225. The van der Waals surface area contributed by atoms with Crippen molar-refractivity contribution >= 4 is 24.5 Å². The van der Waals surface area contributed by atoms with Gasteiger partial charge in [-0.25, -0.2) is 12.2 Å². The molecule has 114 valence electrons. The number of aromatic nitrogens is 1. The molecule has 1 aliphatic carbocycles. The molecule has 0 aliphatic heterocycles. The zero-order valence-electron chi connectivity index (χ0n) is 13.2. The second-order valence-corrected chi connectivity index (χ2v) is 7.49. The number of aryl methyl sites for hydroxylation is 2. The second kappa shape index (κ2) is 11.2. The normalized spacial score (nSPS) is 11.0. The van der Waals surface area contributed by atoms with Crippen LogP contribution in [0.15, 0.2) is 36.4 Å². The molecule has 1 N–H and O–H groups in total. The largest absolute Gasteiger partial charge is 4.00 e. The number of H-pyrrole nitrogens is 1. The number of allylic oxidation sites excluding steroid dienone is 4. The number of fused-ring (bicyclic) bond motifs is 1. The molecule has 1 aliphatic rings. The molecule has 0 atom stereocenters. The van der Waals surface area contributed by atoms with E-state index in [1.165, 1.54) is 27.2 Å². The molecule has 0 unspecified atom stereocenters. The van der Waals surface area contributed by atoms with Crippen LogP contribution in [0, 0.1) is 26.1 Å². The Morgan fingerprint density at radius 3 is 2.23 bits per heavy atom. The van der Waals surface area contributed by atoms with Crippen LogP contribution in [0.5, 0.6) is 0 Å². The molecule has 0 spiro atoms. The predicted molar refractivity (Wildman–Crippen MR) is 86.1 cm³/mol. The maximum absolute atomic E-state index is 3.18. The summed E-state index contributed by atoms with van der Waals surface area (Å²) in [6, 6.07) is 6.25. The summed E-state index contributed by atoms with van der Waals surface area (Å²) in [4.78, 5) is 3.10. The van der Waals surface area contributed by atoms with Crippen molar-refractivity contribution in [1.29, 1.82) is 0 Å². The van der Waals surface area contributed by atoms with Crippen molar-refractivity contribution in [1.82, 2.24) is 4.98 Å². The Balaban J connectivity index is 0. The van der Waals surface area contributed by atoms with E-state index in [1.54, 1.807) is 0 Å². The Hall–Kier alpha value is -0.379. The number of nitrogens with one attached hydrogen (secondary N) is 1. The van der Waals surface area contributed by atoms with Gasteiger partial charge in [0.1, 0.15) is 0 Å². The van der Waals surface area contributed by atoms with Gasteiger partial charge in [0.05, 0.1) is 0 Å². The first-order chi connectivity index (χ1) is 9.09. The van der Waals surface area contributed by atoms with E-state index in [0.29, 0.717) is 0 Å². The summed E-state index contributed by atoms with van der Waals surface area (Å²) in [5, 5.41) is 2.72. The van der Waals surface area contributed by atoms with Gasteiger partial charge in [0.2, 0.25) is 0 Å². The Bertz CT molecular complexity index is 669. The third-order valence-corrected chi connectivity index (χ3v) is 4.56. The van der Waals surface area contributed by atoms with Crippen LogP contribution in [-0.4, -0.2) is 18.6 Å². The molecule has 0 fully saturated rings. The molecule has 0 bridgehead atoms. The molecule has 1 nitrogen and oxygen atoms in total. The molecule has 1 heterocycles. The molecule has 2 aromatic rings. The average Bonchev–Trinajstić information content (AvgIpc) is 3.00. The molecule has 0 saturated heterocycles. The van der Waals surface area contributed by atoms with Crippen LogP contribution in [0.4, 0.5) is 0 Å². The molecule has 1 aromatic heterocycles. The van der Waals surface area contributed by atoms with Crippen LogP contribution in [-0.2, 0) is 21.7 Å². The fourth-order valence-corrected chi connectivity index (χ4v) is 2.94. The van der Waals surface area contributed by atoms with Gasteiger partial charge in [-0.15, -0.1) is 28.7 Å². The second-order valence-electron chi connectivity index (χ2n) is 4.96. The Kier molecular flexibility index (Phi) is 12.2. The number of hydrogen-bond donors (Lipinski definition) is 1. The first-order valence-electron chi connectivity index (χ1n) is 6.49. The van der Waals surface area contributed by atoms with Crippen LogP contribution in [0.2, 0.25) is 13.1 Å². The standard InChI is InChI=1S/C10H10N.C7H9Si.2ClH.Ti/c1-7-4-3-5-9-10(7)8(2)6-11-9;1-8(2)7-5-3-4-6-7;;;/h3-5,11H,1-2H3;3-5H,1-2H3;2*1H;/q2*-1;;;+4/p-2. The number of hydrogen-bond acceptors (Lipinski definition) is 0. The van der Waals surface area contributed by atoms with Crippen molar-refractivity contribution in [2.24, 2.45) is 0 Å². The molecule has 22 heavy (non-hydrogen) atoms. The van der Waals surface area contributed by atoms with Gasteiger partial charge in [-0.2, -0.15) is 22.9 Å². The number of benzene rings is 1. The zero-order valence-corrected chi connectivity index (χ0v) is 17.3. The van der Waals surface area contributed by atoms with Gasteiger partial charge in [0.15, 0.2) is 0 Å². The minimum Gasteiger partial charge on any atom is -1.00 e. The van der Waals surface area contributed by atoms with Crippen LogP contribution >= 0.6 is 0 Å². The molecule has 5 heteroatoms. The van der Waals surface area contributed by atoms with Crippen molar-refractivity contribution in [3.63, 3.8) is 0 Å². The Morgan fingerprint density at radius 2 is 1.77 bits per heavy atom. The maximum atomic E-state index is 3.18. The van der Waals surface area contributed by atoms with Crippen LogP contribution < -0.4 is 24.8 Å². The Labute approximate surface area is 162 Å². The van der Waals surface area contributed by atoms with Crippen LogP contribution in [0.3, 0.4) is 0 Å². The van der Waals surface area contributed by atoms with Gasteiger partial charge in [-0.05, 0) is 8.41 Å². The summed E-state index contributed by atoms with van der Waals surface area (Å²) in [5.41, 5.74) is 3.71.